The van der Waals surface area contributed by atoms with E-state index in [0.717, 1.165) is 4.31 Å². The second kappa shape index (κ2) is 14.0. The Labute approximate surface area is 240 Å². The lowest BCUT2D eigenvalue weighted by molar-refractivity contribution is -0.140. The van der Waals surface area contributed by atoms with E-state index >= 15 is 0 Å². The van der Waals surface area contributed by atoms with Crippen molar-refractivity contribution >= 4 is 39.1 Å². The fraction of sp³-hybridized carbons (Fsp3) is 0.310. The molecule has 0 aromatic heterocycles. The van der Waals surface area contributed by atoms with Crippen LogP contribution in [0, 0.1) is 0 Å². The van der Waals surface area contributed by atoms with Crippen molar-refractivity contribution in [3.8, 4) is 11.5 Å². The van der Waals surface area contributed by atoms with Crippen molar-refractivity contribution in [3.05, 3.63) is 83.4 Å². The zero-order valence-corrected chi connectivity index (χ0v) is 24.5. The first-order valence-corrected chi connectivity index (χ1v) is 14.6. The van der Waals surface area contributed by atoms with E-state index in [1.54, 1.807) is 62.4 Å². The Bertz CT molecular complexity index is 1420. The molecule has 1 N–H and O–H groups in total. The molecule has 0 bridgehead atoms. The molecule has 2 amide bonds. The third-order valence-electron chi connectivity index (χ3n) is 6.32. The minimum absolute atomic E-state index is 0.0104. The number of hydrogen-bond acceptors (Lipinski definition) is 6. The molecule has 1 unspecified atom stereocenters. The van der Waals surface area contributed by atoms with Gasteiger partial charge in [0.2, 0.25) is 11.8 Å². The average Bonchev–Trinajstić information content (AvgIpc) is 2.96. The standard InChI is InChI=1S/C29H34ClN3O6S/c1-5-25(29(35)31-6-2)32(19-21-11-7-8-12-24(21)30)28(34)20-33(26-13-9-10-14-27(26)39-4)40(36,37)23-17-15-22(38-3)16-18-23/h7-18,25H,5-6,19-20H2,1-4H3,(H,31,35). The van der Waals surface area contributed by atoms with Crippen molar-refractivity contribution in [2.75, 3.05) is 31.6 Å². The van der Waals surface area contributed by atoms with Crippen molar-refractivity contribution in [2.24, 2.45) is 0 Å². The van der Waals surface area contributed by atoms with Crippen molar-refractivity contribution < 1.29 is 27.5 Å². The van der Waals surface area contributed by atoms with Gasteiger partial charge in [0, 0.05) is 18.1 Å². The van der Waals surface area contributed by atoms with Crippen molar-refractivity contribution in [2.45, 2.75) is 37.8 Å². The zero-order valence-electron chi connectivity index (χ0n) is 23.0. The molecule has 0 aliphatic rings. The molecule has 0 fully saturated rings. The van der Waals surface area contributed by atoms with Gasteiger partial charge in [-0.15, -0.1) is 0 Å². The highest BCUT2D eigenvalue weighted by Gasteiger charge is 2.34. The van der Waals surface area contributed by atoms with Gasteiger partial charge in [-0.25, -0.2) is 8.42 Å². The molecule has 3 rings (SSSR count). The van der Waals surface area contributed by atoms with E-state index in [-0.39, 0.29) is 28.8 Å². The summed E-state index contributed by atoms with van der Waals surface area (Å²) in [6.07, 6.45) is 0.307. The monoisotopic (exact) mass is 587 g/mol. The number of benzene rings is 3. The van der Waals surface area contributed by atoms with Crippen LogP contribution in [0.3, 0.4) is 0 Å². The Morgan fingerprint density at radius 1 is 0.925 bits per heavy atom. The van der Waals surface area contributed by atoms with Crippen molar-refractivity contribution in [3.63, 3.8) is 0 Å². The average molecular weight is 588 g/mol. The smallest absolute Gasteiger partial charge is 0.264 e. The number of likely N-dealkylation sites (N-methyl/N-ethyl adjacent to an activating group) is 1. The maximum absolute atomic E-state index is 14.1. The number of amides is 2. The van der Waals surface area contributed by atoms with Crippen LogP contribution in [-0.4, -0.2) is 58.5 Å². The predicted molar refractivity (Wildman–Crippen MR) is 155 cm³/mol. The van der Waals surface area contributed by atoms with Gasteiger partial charge in [0.05, 0.1) is 24.8 Å². The largest absolute Gasteiger partial charge is 0.497 e. The molecule has 0 heterocycles. The Morgan fingerprint density at radius 3 is 2.17 bits per heavy atom. The number of carbonyl (C=O) groups is 2. The van der Waals surface area contributed by atoms with Crippen LogP contribution >= 0.6 is 11.6 Å². The summed E-state index contributed by atoms with van der Waals surface area (Å²) >= 11 is 6.41. The van der Waals surface area contributed by atoms with Gasteiger partial charge in [0.25, 0.3) is 10.0 Å². The number of ether oxygens (including phenoxy) is 2. The minimum Gasteiger partial charge on any atom is -0.497 e. The zero-order chi connectivity index (χ0) is 29.3. The summed E-state index contributed by atoms with van der Waals surface area (Å²) in [6, 6.07) is 18.6. The quantitative estimate of drug-likeness (QED) is 0.316. The van der Waals surface area contributed by atoms with Gasteiger partial charge in [-0.1, -0.05) is 48.9 Å². The first-order valence-electron chi connectivity index (χ1n) is 12.8. The number of nitrogens with zero attached hydrogens (tertiary/aromatic N) is 2. The van der Waals surface area contributed by atoms with Gasteiger partial charge in [-0.2, -0.15) is 0 Å². The summed E-state index contributed by atoms with van der Waals surface area (Å²) in [5.41, 5.74) is 0.806. The fourth-order valence-corrected chi connectivity index (χ4v) is 5.87. The first kappa shape index (κ1) is 30.8. The number of para-hydroxylation sites is 2. The van der Waals surface area contributed by atoms with E-state index in [1.165, 1.54) is 43.4 Å². The van der Waals surface area contributed by atoms with Gasteiger partial charge >= 0.3 is 0 Å². The van der Waals surface area contributed by atoms with Crippen LogP contribution in [0.4, 0.5) is 5.69 Å². The molecule has 0 aliphatic carbocycles. The third-order valence-corrected chi connectivity index (χ3v) is 8.46. The lowest BCUT2D eigenvalue weighted by Crippen LogP contribution is -2.52. The molecule has 3 aromatic carbocycles. The molecule has 0 saturated carbocycles. The summed E-state index contributed by atoms with van der Waals surface area (Å²) in [7, 11) is -1.36. The number of methoxy groups -OCH3 is 2. The molecule has 9 nitrogen and oxygen atoms in total. The maximum Gasteiger partial charge on any atom is 0.264 e. The predicted octanol–water partition coefficient (Wildman–Crippen LogP) is 4.50. The Balaban J connectivity index is 2.11. The minimum atomic E-state index is -4.26. The number of halogens is 1. The number of hydrogen-bond donors (Lipinski definition) is 1. The van der Waals surface area contributed by atoms with Crippen LogP contribution < -0.4 is 19.1 Å². The van der Waals surface area contributed by atoms with Crippen LogP contribution in [0.2, 0.25) is 5.02 Å². The summed E-state index contributed by atoms with van der Waals surface area (Å²) < 4.78 is 39.6. The van der Waals surface area contributed by atoms with E-state index in [9.17, 15) is 18.0 Å². The molecule has 0 saturated heterocycles. The third kappa shape index (κ3) is 7.05. The SMILES string of the molecule is CCNC(=O)C(CC)N(Cc1ccccc1Cl)C(=O)CN(c1ccccc1OC)S(=O)(=O)c1ccc(OC)cc1. The highest BCUT2D eigenvalue weighted by molar-refractivity contribution is 7.92. The molecule has 0 aliphatic heterocycles. The molecule has 0 spiro atoms. The van der Waals surface area contributed by atoms with E-state index in [2.05, 4.69) is 5.32 Å². The molecule has 11 heteroatoms. The van der Waals surface area contributed by atoms with Gasteiger partial charge in [-0.3, -0.25) is 13.9 Å². The van der Waals surface area contributed by atoms with Crippen LogP contribution in [0.5, 0.6) is 11.5 Å². The van der Waals surface area contributed by atoms with Crippen molar-refractivity contribution in [1.29, 1.82) is 0 Å². The maximum atomic E-state index is 14.1. The van der Waals surface area contributed by atoms with Gasteiger partial charge < -0.3 is 19.7 Å². The van der Waals surface area contributed by atoms with E-state index in [0.29, 0.717) is 29.3 Å². The molecular weight excluding hydrogens is 554 g/mol. The summed E-state index contributed by atoms with van der Waals surface area (Å²) in [6.45, 7) is 3.38. The van der Waals surface area contributed by atoms with Crippen LogP contribution in [0.15, 0.2) is 77.7 Å². The Kier molecular flexibility index (Phi) is 10.8. The van der Waals surface area contributed by atoms with Crippen LogP contribution in [0.25, 0.3) is 0 Å². The van der Waals surface area contributed by atoms with Gasteiger partial charge in [0.1, 0.15) is 24.1 Å². The number of anilines is 1. The molecule has 3 aromatic rings. The second-order valence-corrected chi connectivity index (χ2v) is 11.1. The molecule has 214 valence electrons. The molecule has 1 atom stereocenters. The highest BCUT2D eigenvalue weighted by atomic mass is 35.5. The van der Waals surface area contributed by atoms with E-state index in [4.69, 9.17) is 21.1 Å². The van der Waals surface area contributed by atoms with E-state index in [1.807, 2.05) is 0 Å². The lowest BCUT2D eigenvalue weighted by Gasteiger charge is -2.33. The topological polar surface area (TPSA) is 105 Å². The van der Waals surface area contributed by atoms with E-state index < -0.39 is 28.5 Å². The number of rotatable bonds is 13. The summed E-state index contributed by atoms with van der Waals surface area (Å²) in [5, 5.41) is 3.20. The Hall–Kier alpha value is -3.76. The first-order chi connectivity index (χ1) is 19.2. The van der Waals surface area contributed by atoms with Crippen LogP contribution in [0.1, 0.15) is 25.8 Å². The van der Waals surface area contributed by atoms with Gasteiger partial charge in [-0.05, 0) is 61.4 Å². The molecule has 40 heavy (non-hydrogen) atoms. The lowest BCUT2D eigenvalue weighted by atomic mass is 10.1. The summed E-state index contributed by atoms with van der Waals surface area (Å²) in [4.78, 5) is 28.4. The highest BCUT2D eigenvalue weighted by Crippen LogP contribution is 2.33. The number of carbonyl (C=O) groups excluding carboxylic acids is 2. The normalized spacial score (nSPS) is 11.8. The second-order valence-electron chi connectivity index (χ2n) is 8.79. The molecule has 0 radical (unpaired) electrons. The summed E-state index contributed by atoms with van der Waals surface area (Å²) in [5.74, 6) is -0.174. The van der Waals surface area contributed by atoms with Crippen LogP contribution in [-0.2, 0) is 26.2 Å². The Morgan fingerprint density at radius 2 is 1.57 bits per heavy atom. The van der Waals surface area contributed by atoms with Gasteiger partial charge in [0.15, 0.2) is 0 Å². The molecular formula is C29H34ClN3O6S. The fourth-order valence-electron chi connectivity index (χ4n) is 4.25. The van der Waals surface area contributed by atoms with Crippen molar-refractivity contribution in [1.82, 2.24) is 10.2 Å². The number of sulfonamides is 1. The number of nitrogens with one attached hydrogen (secondary N) is 1.